The minimum absolute atomic E-state index is 0.0586. The first-order valence-corrected chi connectivity index (χ1v) is 11.1. The van der Waals surface area contributed by atoms with E-state index in [9.17, 15) is 8.42 Å². The van der Waals surface area contributed by atoms with E-state index in [-0.39, 0.29) is 4.90 Å². The second-order valence-corrected chi connectivity index (χ2v) is 8.90. The Morgan fingerprint density at radius 1 is 0.933 bits per heavy atom. The first-order chi connectivity index (χ1) is 14.3. The molecule has 0 spiro atoms. The number of benzene rings is 3. The van der Waals surface area contributed by atoms with Gasteiger partial charge in [-0.05, 0) is 49.2 Å². The van der Waals surface area contributed by atoms with Crippen LogP contribution in [0.15, 0.2) is 82.1 Å². The van der Waals surface area contributed by atoms with E-state index in [0.717, 1.165) is 27.9 Å². The average Bonchev–Trinajstić information content (AvgIpc) is 3.11. The molecule has 0 radical (unpaired) electrons. The number of sulfonamides is 1. The lowest BCUT2D eigenvalue weighted by Crippen LogP contribution is -2.11. The maximum absolute atomic E-state index is 11.6. The van der Waals surface area contributed by atoms with Crippen LogP contribution in [0, 0.1) is 13.8 Å². The van der Waals surface area contributed by atoms with Crippen LogP contribution in [0.5, 0.6) is 0 Å². The molecular weight excluding hydrogens is 396 g/mol. The second-order valence-electron chi connectivity index (χ2n) is 7.34. The number of aryl methyl sites for hydroxylation is 2. The van der Waals surface area contributed by atoms with Crippen molar-refractivity contribution < 1.29 is 12.8 Å². The Morgan fingerprint density at radius 2 is 1.63 bits per heavy atom. The van der Waals surface area contributed by atoms with Crippen LogP contribution in [-0.4, -0.2) is 13.4 Å². The molecule has 0 aliphatic carbocycles. The molecule has 3 aromatic carbocycles. The molecule has 0 amide bonds. The van der Waals surface area contributed by atoms with E-state index in [0.29, 0.717) is 18.1 Å². The lowest BCUT2D eigenvalue weighted by Gasteiger charge is -2.07. The number of aromatic nitrogens is 1. The van der Waals surface area contributed by atoms with Crippen LogP contribution in [0.4, 0.5) is 0 Å². The number of primary sulfonamides is 1. The number of oxazole rings is 1. The molecule has 0 fully saturated rings. The molecule has 6 heteroatoms. The van der Waals surface area contributed by atoms with Gasteiger partial charge in [0.15, 0.2) is 11.7 Å². The van der Waals surface area contributed by atoms with Crippen molar-refractivity contribution in [2.45, 2.75) is 25.2 Å². The predicted molar refractivity (Wildman–Crippen MR) is 117 cm³/mol. The van der Waals surface area contributed by atoms with E-state index in [1.807, 2.05) is 56.3 Å². The van der Waals surface area contributed by atoms with E-state index in [4.69, 9.17) is 14.5 Å². The van der Waals surface area contributed by atoms with Crippen LogP contribution >= 0.6 is 0 Å². The number of nitrogens with two attached hydrogens (primary N) is 1. The van der Waals surface area contributed by atoms with Gasteiger partial charge in [-0.25, -0.2) is 18.5 Å². The van der Waals surface area contributed by atoms with Crippen molar-refractivity contribution in [1.29, 1.82) is 0 Å². The van der Waals surface area contributed by atoms with E-state index in [1.54, 1.807) is 12.1 Å². The Balaban J connectivity index is 1.83. The van der Waals surface area contributed by atoms with Gasteiger partial charge in [0.25, 0.3) is 0 Å². The molecule has 152 valence electrons. The first kappa shape index (κ1) is 20.1. The monoisotopic (exact) mass is 418 g/mol. The molecule has 0 unspecified atom stereocenters. The van der Waals surface area contributed by atoms with Crippen LogP contribution in [0.3, 0.4) is 0 Å². The van der Waals surface area contributed by atoms with Gasteiger partial charge in [-0.1, -0.05) is 54.1 Å². The summed E-state index contributed by atoms with van der Waals surface area (Å²) in [5.41, 5.74) is 5.82. The fourth-order valence-corrected chi connectivity index (χ4v) is 3.98. The Kier molecular flexibility index (Phi) is 5.28. The fraction of sp³-hybridized carbons (Fsp3) is 0.125. The van der Waals surface area contributed by atoms with Crippen molar-refractivity contribution in [3.05, 3.63) is 95.4 Å². The van der Waals surface area contributed by atoms with E-state index in [2.05, 4.69) is 6.07 Å². The zero-order chi connectivity index (χ0) is 21.3. The Morgan fingerprint density at radius 3 is 2.27 bits per heavy atom. The molecule has 5 nitrogen and oxygen atoms in total. The largest absolute Gasteiger partial charge is 0.440 e. The van der Waals surface area contributed by atoms with Crippen molar-refractivity contribution in [1.82, 2.24) is 4.98 Å². The predicted octanol–water partition coefficient (Wildman–Crippen LogP) is 4.86. The van der Waals surface area contributed by atoms with Crippen molar-refractivity contribution in [3.63, 3.8) is 0 Å². The van der Waals surface area contributed by atoms with Crippen molar-refractivity contribution >= 4 is 10.0 Å². The smallest absolute Gasteiger partial charge is 0.238 e. The van der Waals surface area contributed by atoms with E-state index >= 15 is 0 Å². The van der Waals surface area contributed by atoms with Crippen molar-refractivity contribution in [3.8, 4) is 22.6 Å². The van der Waals surface area contributed by atoms with Crippen LogP contribution < -0.4 is 5.14 Å². The van der Waals surface area contributed by atoms with Crippen LogP contribution in [0.25, 0.3) is 22.6 Å². The molecule has 4 aromatic rings. The third kappa shape index (κ3) is 4.20. The maximum Gasteiger partial charge on any atom is 0.238 e. The second kappa shape index (κ2) is 7.89. The van der Waals surface area contributed by atoms with Gasteiger partial charge in [-0.2, -0.15) is 0 Å². The third-order valence-electron chi connectivity index (χ3n) is 4.95. The normalized spacial score (nSPS) is 11.6. The maximum atomic E-state index is 11.6. The molecule has 1 aromatic heterocycles. The quantitative estimate of drug-likeness (QED) is 0.501. The van der Waals surface area contributed by atoms with Crippen LogP contribution in [0.2, 0.25) is 0 Å². The first-order valence-electron chi connectivity index (χ1n) is 9.56. The summed E-state index contributed by atoms with van der Waals surface area (Å²) in [4.78, 5) is 4.86. The molecule has 30 heavy (non-hydrogen) atoms. The highest BCUT2D eigenvalue weighted by molar-refractivity contribution is 7.89. The number of hydrogen-bond donors (Lipinski definition) is 1. The van der Waals surface area contributed by atoms with Crippen LogP contribution in [0.1, 0.15) is 22.6 Å². The SMILES string of the molecule is Cc1ccc(-c2nc(Cc3ccccc3)oc2-c2ccc(S(N)(=O)=O)cc2)c(C)c1. The minimum atomic E-state index is -3.76. The van der Waals surface area contributed by atoms with Gasteiger partial charge in [0.1, 0.15) is 5.69 Å². The summed E-state index contributed by atoms with van der Waals surface area (Å²) in [6.07, 6.45) is 0.564. The Hall–Kier alpha value is -3.22. The summed E-state index contributed by atoms with van der Waals surface area (Å²) in [6, 6.07) is 22.5. The third-order valence-corrected chi connectivity index (χ3v) is 5.88. The van der Waals surface area contributed by atoms with Gasteiger partial charge in [-0.15, -0.1) is 0 Å². The molecule has 0 saturated carbocycles. The zero-order valence-electron chi connectivity index (χ0n) is 16.8. The highest BCUT2D eigenvalue weighted by Crippen LogP contribution is 2.35. The summed E-state index contributed by atoms with van der Waals surface area (Å²) in [5.74, 6) is 1.20. The van der Waals surface area contributed by atoms with E-state index in [1.165, 1.54) is 17.7 Å². The zero-order valence-corrected chi connectivity index (χ0v) is 17.6. The minimum Gasteiger partial charge on any atom is -0.440 e. The number of hydrogen-bond acceptors (Lipinski definition) is 4. The average molecular weight is 419 g/mol. The molecular formula is C24H22N2O3S. The van der Waals surface area contributed by atoms with Gasteiger partial charge < -0.3 is 4.42 Å². The number of rotatable bonds is 5. The summed E-state index contributed by atoms with van der Waals surface area (Å²) >= 11 is 0. The lowest BCUT2D eigenvalue weighted by atomic mass is 10.00. The molecule has 1 heterocycles. The Labute approximate surface area is 176 Å². The lowest BCUT2D eigenvalue weighted by molar-refractivity contribution is 0.519. The van der Waals surface area contributed by atoms with Gasteiger partial charge >= 0.3 is 0 Å². The molecule has 0 bridgehead atoms. The van der Waals surface area contributed by atoms with Crippen LogP contribution in [-0.2, 0) is 16.4 Å². The molecule has 2 N–H and O–H groups in total. The molecule has 4 rings (SSSR count). The molecule has 0 aliphatic heterocycles. The Bertz CT molecular complexity index is 1290. The summed E-state index contributed by atoms with van der Waals surface area (Å²) in [5, 5.41) is 5.23. The molecule has 0 atom stereocenters. The highest BCUT2D eigenvalue weighted by atomic mass is 32.2. The van der Waals surface area contributed by atoms with E-state index < -0.39 is 10.0 Å². The summed E-state index contributed by atoms with van der Waals surface area (Å²) in [6.45, 7) is 4.09. The van der Waals surface area contributed by atoms with Crippen molar-refractivity contribution in [2.75, 3.05) is 0 Å². The summed E-state index contributed by atoms with van der Waals surface area (Å²) < 4.78 is 29.4. The topological polar surface area (TPSA) is 86.2 Å². The van der Waals surface area contributed by atoms with Gasteiger partial charge in [0.2, 0.25) is 10.0 Å². The number of nitrogens with zero attached hydrogens (tertiary/aromatic N) is 1. The fourth-order valence-electron chi connectivity index (χ4n) is 3.46. The molecule has 0 aliphatic rings. The van der Waals surface area contributed by atoms with Crippen molar-refractivity contribution in [2.24, 2.45) is 5.14 Å². The van der Waals surface area contributed by atoms with Gasteiger partial charge in [-0.3, -0.25) is 0 Å². The van der Waals surface area contributed by atoms with Gasteiger partial charge in [0.05, 0.1) is 4.90 Å². The molecule has 0 saturated heterocycles. The standard InChI is InChI=1S/C24H22N2O3S/c1-16-8-13-21(17(2)14-16)23-24(19-9-11-20(12-10-19)30(25,27)28)29-22(26-23)15-18-6-4-3-5-7-18/h3-14H,15H2,1-2H3,(H2,25,27,28). The van der Waals surface area contributed by atoms with Gasteiger partial charge in [0, 0.05) is 17.5 Å². The highest BCUT2D eigenvalue weighted by Gasteiger charge is 2.19. The summed E-state index contributed by atoms with van der Waals surface area (Å²) in [7, 11) is -3.76.